The van der Waals surface area contributed by atoms with E-state index in [9.17, 15) is 9.18 Å². The fourth-order valence-electron chi connectivity index (χ4n) is 4.18. The highest BCUT2D eigenvalue weighted by molar-refractivity contribution is 6.30. The Labute approximate surface area is 182 Å². The number of hydrogen-bond acceptors (Lipinski definition) is 5. The van der Waals surface area contributed by atoms with Crippen LogP contribution in [0.1, 0.15) is 44.6 Å². The number of amides is 1. The number of carbonyl (C=O) groups excluding carboxylic acids is 1. The third-order valence-corrected chi connectivity index (χ3v) is 6.11. The summed E-state index contributed by atoms with van der Waals surface area (Å²) in [5.74, 6) is 0.113. The Kier molecular flexibility index (Phi) is 8.06. The lowest BCUT2D eigenvalue weighted by Crippen LogP contribution is -2.43. The first-order valence-corrected chi connectivity index (χ1v) is 10.9. The smallest absolute Gasteiger partial charge is 0.237 e. The molecular formula is C22H28ClFN4O2. The number of benzene rings is 1. The molecule has 1 aliphatic carbocycles. The summed E-state index contributed by atoms with van der Waals surface area (Å²) in [6, 6.07) is 9.06. The lowest BCUT2D eigenvalue weighted by molar-refractivity contribution is -0.130. The van der Waals surface area contributed by atoms with Crippen LogP contribution >= 0.6 is 11.6 Å². The van der Waals surface area contributed by atoms with E-state index in [1.807, 2.05) is 30.3 Å². The largest absolute Gasteiger partial charge is 0.391 e. The lowest BCUT2D eigenvalue weighted by atomic mass is 9.99. The average Bonchev–Trinajstić information content (AvgIpc) is 3.37. The van der Waals surface area contributed by atoms with Crippen LogP contribution in [0, 0.1) is 17.2 Å². The van der Waals surface area contributed by atoms with Crippen molar-refractivity contribution in [3.63, 3.8) is 0 Å². The first-order valence-electron chi connectivity index (χ1n) is 10.5. The van der Waals surface area contributed by atoms with Gasteiger partial charge in [0, 0.05) is 23.4 Å². The van der Waals surface area contributed by atoms with E-state index < -0.39 is 12.2 Å². The zero-order valence-electron chi connectivity index (χ0n) is 17.2. The normalized spacial score (nSPS) is 26.6. The Bertz CT molecular complexity index is 795. The van der Waals surface area contributed by atoms with Crippen LogP contribution in [0.5, 0.6) is 0 Å². The molecule has 6 nitrogen and oxygen atoms in total. The van der Waals surface area contributed by atoms with Gasteiger partial charge in [-0.2, -0.15) is 5.26 Å². The molecule has 30 heavy (non-hydrogen) atoms. The van der Waals surface area contributed by atoms with Gasteiger partial charge in [-0.1, -0.05) is 35.8 Å². The van der Waals surface area contributed by atoms with Crippen molar-refractivity contribution in [1.82, 2.24) is 10.2 Å². The van der Waals surface area contributed by atoms with Crippen LogP contribution < -0.4 is 5.32 Å². The van der Waals surface area contributed by atoms with Crippen molar-refractivity contribution >= 4 is 23.2 Å². The molecule has 162 valence electrons. The molecule has 1 saturated heterocycles. The van der Waals surface area contributed by atoms with Crippen molar-refractivity contribution in [2.45, 2.75) is 63.9 Å². The highest BCUT2D eigenvalue weighted by Gasteiger charge is 2.36. The molecule has 1 N–H and O–H groups in total. The molecule has 0 radical (unpaired) electrons. The third kappa shape index (κ3) is 5.93. The summed E-state index contributed by atoms with van der Waals surface area (Å²) in [7, 11) is 0. The van der Waals surface area contributed by atoms with Crippen molar-refractivity contribution in [1.29, 1.82) is 5.26 Å². The van der Waals surface area contributed by atoms with Gasteiger partial charge < -0.3 is 15.1 Å². The number of rotatable bonds is 8. The number of hydrogen-bond donors (Lipinski definition) is 1. The molecule has 4 atom stereocenters. The average molecular weight is 435 g/mol. The van der Waals surface area contributed by atoms with E-state index in [1.165, 1.54) is 4.90 Å². The quantitative estimate of drug-likeness (QED) is 0.498. The standard InChI is InChI=1S/C22H28ClFN4O2/c1-2-21(27-30-14-15-3-6-17(23)7-4-15)16-5-8-19(9-16)26-12-22(29)28-13-18(24)10-20(28)11-25/h3-4,6-7,16,18-20,26H,2,5,8-10,12-14H2,1H3/b27-21+/t16-,18-,19+,20-/m0/s1. The van der Waals surface area contributed by atoms with E-state index in [2.05, 4.69) is 17.4 Å². The maximum absolute atomic E-state index is 13.5. The number of alkyl halides is 1. The second kappa shape index (κ2) is 10.7. The summed E-state index contributed by atoms with van der Waals surface area (Å²) in [5.41, 5.74) is 2.04. The van der Waals surface area contributed by atoms with Crippen LogP contribution in [0.25, 0.3) is 0 Å². The molecule has 3 rings (SSSR count). The van der Waals surface area contributed by atoms with Gasteiger partial charge in [0.15, 0.2) is 0 Å². The van der Waals surface area contributed by atoms with E-state index >= 15 is 0 Å². The number of halogens is 2. The molecule has 2 fully saturated rings. The van der Waals surface area contributed by atoms with Gasteiger partial charge in [-0.25, -0.2) is 4.39 Å². The van der Waals surface area contributed by atoms with Crippen molar-refractivity contribution in [2.24, 2.45) is 11.1 Å². The monoisotopic (exact) mass is 434 g/mol. The topological polar surface area (TPSA) is 77.7 Å². The van der Waals surface area contributed by atoms with Gasteiger partial charge in [-0.15, -0.1) is 0 Å². The van der Waals surface area contributed by atoms with Gasteiger partial charge >= 0.3 is 0 Å². The maximum Gasteiger partial charge on any atom is 0.237 e. The number of oxime groups is 1. The van der Waals surface area contributed by atoms with Crippen molar-refractivity contribution in [3.05, 3.63) is 34.9 Å². The summed E-state index contributed by atoms with van der Waals surface area (Å²) in [6.07, 6.45) is 2.64. The molecule has 1 saturated carbocycles. The third-order valence-electron chi connectivity index (χ3n) is 5.85. The van der Waals surface area contributed by atoms with E-state index in [4.69, 9.17) is 21.7 Å². The molecule has 1 aliphatic heterocycles. The fourth-order valence-corrected chi connectivity index (χ4v) is 4.31. The predicted octanol–water partition coefficient (Wildman–Crippen LogP) is 3.84. The fraction of sp³-hybridized carbons (Fsp3) is 0.591. The van der Waals surface area contributed by atoms with Crippen LogP contribution in [0.15, 0.2) is 29.4 Å². The summed E-state index contributed by atoms with van der Waals surface area (Å²) in [4.78, 5) is 19.3. The molecular weight excluding hydrogens is 407 g/mol. The highest BCUT2D eigenvalue weighted by atomic mass is 35.5. The minimum absolute atomic E-state index is 0.0175. The van der Waals surface area contributed by atoms with Gasteiger partial charge in [0.05, 0.1) is 24.9 Å². The van der Waals surface area contributed by atoms with Gasteiger partial charge in [0.25, 0.3) is 0 Å². The molecule has 1 heterocycles. The summed E-state index contributed by atoms with van der Waals surface area (Å²) in [6.45, 7) is 2.62. The molecule has 8 heteroatoms. The molecule has 1 amide bonds. The SMILES string of the molecule is CC/C(=N\OCc1ccc(Cl)cc1)[C@H]1CC[C@@H](NCC(=O)N2C[C@@H](F)C[C@H]2C#N)C1. The minimum atomic E-state index is -1.11. The van der Waals surface area contributed by atoms with Crippen LogP contribution in [-0.4, -0.2) is 47.9 Å². The van der Waals surface area contributed by atoms with Gasteiger partial charge in [0.1, 0.15) is 18.8 Å². The zero-order valence-corrected chi connectivity index (χ0v) is 17.9. The van der Waals surface area contributed by atoms with Gasteiger partial charge in [0.2, 0.25) is 5.91 Å². The predicted molar refractivity (Wildman–Crippen MR) is 114 cm³/mol. The molecule has 1 aromatic rings. The van der Waals surface area contributed by atoms with Crippen LogP contribution in [-0.2, 0) is 16.2 Å². The Hall–Kier alpha value is -2.17. The number of likely N-dealkylation sites (tertiary alicyclic amines) is 1. The van der Waals surface area contributed by atoms with E-state index in [-0.39, 0.29) is 31.5 Å². The van der Waals surface area contributed by atoms with Crippen molar-refractivity contribution in [3.8, 4) is 6.07 Å². The van der Waals surface area contributed by atoms with E-state index in [0.717, 1.165) is 37.0 Å². The van der Waals surface area contributed by atoms with Crippen LogP contribution in [0.4, 0.5) is 4.39 Å². The Morgan fingerprint density at radius 3 is 2.83 bits per heavy atom. The molecule has 2 aliphatic rings. The second-order valence-corrected chi connectivity index (χ2v) is 8.38. The van der Waals surface area contributed by atoms with Crippen molar-refractivity contribution in [2.75, 3.05) is 13.1 Å². The van der Waals surface area contributed by atoms with E-state index in [1.54, 1.807) is 0 Å². The summed E-state index contributed by atoms with van der Waals surface area (Å²) in [5, 5.41) is 17.4. The first kappa shape index (κ1) is 22.5. The Balaban J connectivity index is 1.44. The summed E-state index contributed by atoms with van der Waals surface area (Å²) >= 11 is 5.89. The molecule has 0 spiro atoms. The minimum Gasteiger partial charge on any atom is -0.391 e. The Morgan fingerprint density at radius 1 is 1.37 bits per heavy atom. The van der Waals surface area contributed by atoms with Gasteiger partial charge in [-0.3, -0.25) is 4.79 Å². The maximum atomic E-state index is 13.5. The zero-order chi connectivity index (χ0) is 21.5. The molecule has 1 aromatic carbocycles. The Morgan fingerprint density at radius 2 is 2.13 bits per heavy atom. The van der Waals surface area contributed by atoms with Crippen LogP contribution in [0.2, 0.25) is 5.02 Å². The van der Waals surface area contributed by atoms with Crippen LogP contribution in [0.3, 0.4) is 0 Å². The van der Waals surface area contributed by atoms with Crippen molar-refractivity contribution < 1.29 is 14.0 Å². The first-order chi connectivity index (χ1) is 14.5. The summed E-state index contributed by atoms with van der Waals surface area (Å²) < 4.78 is 13.5. The second-order valence-electron chi connectivity index (χ2n) is 7.95. The molecule has 0 bridgehead atoms. The molecule has 0 aromatic heterocycles. The number of nitrogens with one attached hydrogen (secondary N) is 1. The number of nitrogens with zero attached hydrogens (tertiary/aromatic N) is 3. The molecule has 0 unspecified atom stereocenters. The lowest BCUT2D eigenvalue weighted by Gasteiger charge is -2.21. The van der Waals surface area contributed by atoms with E-state index in [0.29, 0.717) is 17.5 Å². The number of nitriles is 1. The highest BCUT2D eigenvalue weighted by Crippen LogP contribution is 2.28. The van der Waals surface area contributed by atoms with Gasteiger partial charge in [-0.05, 0) is 43.4 Å². The number of carbonyl (C=O) groups is 1.